The van der Waals surface area contributed by atoms with Gasteiger partial charge in [-0.15, -0.1) is 0 Å². The Morgan fingerprint density at radius 3 is 2.86 bits per heavy atom. The average Bonchev–Trinajstić information content (AvgIpc) is 3.08. The number of hydrogen-bond acceptors (Lipinski definition) is 3. The van der Waals surface area contributed by atoms with E-state index in [0.29, 0.717) is 12.5 Å². The molecule has 3 rings (SSSR count). The van der Waals surface area contributed by atoms with Crippen molar-refractivity contribution in [2.45, 2.75) is 37.8 Å². The van der Waals surface area contributed by atoms with Crippen molar-refractivity contribution in [3.05, 3.63) is 35.9 Å². The van der Waals surface area contributed by atoms with Gasteiger partial charge in [0.25, 0.3) is 0 Å². The largest absolute Gasteiger partial charge is 0.373 e. The van der Waals surface area contributed by atoms with Gasteiger partial charge in [-0.25, -0.2) is 0 Å². The van der Waals surface area contributed by atoms with E-state index < -0.39 is 0 Å². The van der Waals surface area contributed by atoms with E-state index in [1.807, 2.05) is 18.2 Å². The summed E-state index contributed by atoms with van der Waals surface area (Å²) in [4.78, 5) is 12.1. The van der Waals surface area contributed by atoms with Crippen molar-refractivity contribution < 1.29 is 9.53 Å². The molecule has 0 spiro atoms. The summed E-state index contributed by atoms with van der Waals surface area (Å²) < 4.78 is 5.97. The number of ether oxygens (including phenoxy) is 1. The van der Waals surface area contributed by atoms with Gasteiger partial charge in [0.2, 0.25) is 5.91 Å². The second-order valence-electron chi connectivity index (χ2n) is 6.00. The molecule has 2 heterocycles. The fourth-order valence-corrected chi connectivity index (χ4v) is 3.33. The first-order chi connectivity index (χ1) is 10.3. The number of nitrogens with one attached hydrogen (secondary N) is 2. The summed E-state index contributed by atoms with van der Waals surface area (Å²) in [5.74, 6) is 0.511. The van der Waals surface area contributed by atoms with Gasteiger partial charge in [0.05, 0.1) is 12.1 Å². The zero-order chi connectivity index (χ0) is 14.5. The average molecular weight is 288 g/mol. The standard InChI is InChI=1S/C17H24N2O2/c20-17(15-9-4-10-18-15)19-12-14-8-5-11-21-16(14)13-6-2-1-3-7-13/h1-3,6-7,14-16,18H,4-5,8-12H2,(H,19,20). The van der Waals surface area contributed by atoms with Gasteiger partial charge in [0, 0.05) is 19.1 Å². The Morgan fingerprint density at radius 1 is 1.24 bits per heavy atom. The molecule has 1 aromatic rings. The van der Waals surface area contributed by atoms with Gasteiger partial charge in [-0.2, -0.15) is 0 Å². The lowest BCUT2D eigenvalue weighted by atomic mass is 9.89. The van der Waals surface area contributed by atoms with E-state index in [1.54, 1.807) is 0 Å². The van der Waals surface area contributed by atoms with Crippen molar-refractivity contribution in [3.8, 4) is 0 Å². The van der Waals surface area contributed by atoms with Crippen LogP contribution in [0.3, 0.4) is 0 Å². The fraction of sp³-hybridized carbons (Fsp3) is 0.588. The third-order valence-electron chi connectivity index (χ3n) is 4.49. The quantitative estimate of drug-likeness (QED) is 0.891. The first kappa shape index (κ1) is 14.5. The molecule has 3 atom stereocenters. The molecule has 4 nitrogen and oxygen atoms in total. The van der Waals surface area contributed by atoms with E-state index in [-0.39, 0.29) is 18.1 Å². The van der Waals surface area contributed by atoms with Crippen LogP contribution >= 0.6 is 0 Å². The molecule has 2 fully saturated rings. The molecule has 0 aliphatic carbocycles. The maximum atomic E-state index is 12.1. The third-order valence-corrected chi connectivity index (χ3v) is 4.49. The zero-order valence-corrected chi connectivity index (χ0v) is 12.4. The molecule has 2 N–H and O–H groups in total. The summed E-state index contributed by atoms with van der Waals surface area (Å²) in [5.41, 5.74) is 1.22. The van der Waals surface area contributed by atoms with Crippen LogP contribution in [-0.4, -0.2) is 31.6 Å². The van der Waals surface area contributed by atoms with E-state index in [0.717, 1.165) is 38.8 Å². The predicted octanol–water partition coefficient (Wildman–Crippen LogP) is 2.02. The van der Waals surface area contributed by atoms with Crippen LogP contribution in [0.2, 0.25) is 0 Å². The summed E-state index contributed by atoms with van der Waals surface area (Å²) in [6, 6.07) is 10.3. The smallest absolute Gasteiger partial charge is 0.237 e. The fourth-order valence-electron chi connectivity index (χ4n) is 3.33. The maximum absolute atomic E-state index is 12.1. The molecule has 0 bridgehead atoms. The predicted molar refractivity (Wildman–Crippen MR) is 81.9 cm³/mol. The molecule has 1 aromatic carbocycles. The van der Waals surface area contributed by atoms with Crippen LogP contribution in [0.4, 0.5) is 0 Å². The van der Waals surface area contributed by atoms with Crippen molar-refractivity contribution in [3.63, 3.8) is 0 Å². The van der Waals surface area contributed by atoms with Crippen molar-refractivity contribution in [1.82, 2.24) is 10.6 Å². The molecule has 2 saturated heterocycles. The molecule has 2 aliphatic heterocycles. The number of rotatable bonds is 4. The molecule has 2 aliphatic rings. The third kappa shape index (κ3) is 3.63. The van der Waals surface area contributed by atoms with E-state index in [1.165, 1.54) is 5.56 Å². The molecule has 0 radical (unpaired) electrons. The minimum absolute atomic E-state index is 0.00434. The summed E-state index contributed by atoms with van der Waals surface area (Å²) in [5, 5.41) is 6.36. The molecular formula is C17H24N2O2. The van der Waals surface area contributed by atoms with Crippen LogP contribution in [0.15, 0.2) is 30.3 Å². The number of amides is 1. The second-order valence-corrected chi connectivity index (χ2v) is 6.00. The Labute approximate surface area is 126 Å². The number of benzene rings is 1. The lowest BCUT2D eigenvalue weighted by molar-refractivity contribution is -0.123. The van der Waals surface area contributed by atoms with Crippen LogP contribution in [0.1, 0.15) is 37.4 Å². The zero-order valence-electron chi connectivity index (χ0n) is 12.4. The Hall–Kier alpha value is -1.39. The molecular weight excluding hydrogens is 264 g/mol. The van der Waals surface area contributed by atoms with E-state index in [2.05, 4.69) is 22.8 Å². The number of carbonyl (C=O) groups is 1. The highest BCUT2D eigenvalue weighted by molar-refractivity contribution is 5.81. The highest BCUT2D eigenvalue weighted by atomic mass is 16.5. The van der Waals surface area contributed by atoms with Gasteiger partial charge >= 0.3 is 0 Å². The highest BCUT2D eigenvalue weighted by Gasteiger charge is 2.29. The van der Waals surface area contributed by atoms with Gasteiger partial charge in [0.15, 0.2) is 0 Å². The van der Waals surface area contributed by atoms with Crippen LogP contribution in [0.25, 0.3) is 0 Å². The van der Waals surface area contributed by atoms with Gasteiger partial charge in [-0.05, 0) is 37.8 Å². The van der Waals surface area contributed by atoms with Gasteiger partial charge in [-0.1, -0.05) is 30.3 Å². The Kier molecular flexibility index (Phi) is 4.88. The van der Waals surface area contributed by atoms with Crippen LogP contribution < -0.4 is 10.6 Å². The van der Waals surface area contributed by atoms with Gasteiger partial charge < -0.3 is 15.4 Å². The van der Waals surface area contributed by atoms with E-state index in [4.69, 9.17) is 4.74 Å². The molecule has 3 unspecified atom stereocenters. The lowest BCUT2D eigenvalue weighted by Crippen LogP contribution is -2.43. The Balaban J connectivity index is 1.58. The van der Waals surface area contributed by atoms with Crippen LogP contribution in [-0.2, 0) is 9.53 Å². The molecule has 4 heteroatoms. The van der Waals surface area contributed by atoms with Crippen molar-refractivity contribution in [2.75, 3.05) is 19.7 Å². The van der Waals surface area contributed by atoms with Crippen molar-refractivity contribution in [2.24, 2.45) is 5.92 Å². The van der Waals surface area contributed by atoms with Crippen molar-refractivity contribution >= 4 is 5.91 Å². The number of hydrogen-bond donors (Lipinski definition) is 2. The molecule has 114 valence electrons. The van der Waals surface area contributed by atoms with Gasteiger partial charge in [0.1, 0.15) is 0 Å². The summed E-state index contributed by atoms with van der Waals surface area (Å²) >= 11 is 0. The lowest BCUT2D eigenvalue weighted by Gasteiger charge is -2.32. The maximum Gasteiger partial charge on any atom is 0.237 e. The first-order valence-corrected chi connectivity index (χ1v) is 8.02. The molecule has 21 heavy (non-hydrogen) atoms. The SMILES string of the molecule is O=C(NCC1CCCOC1c1ccccc1)C1CCCN1. The minimum Gasteiger partial charge on any atom is -0.373 e. The van der Waals surface area contributed by atoms with E-state index in [9.17, 15) is 4.79 Å². The summed E-state index contributed by atoms with van der Waals surface area (Å²) in [6.45, 7) is 2.47. The molecule has 0 saturated carbocycles. The summed E-state index contributed by atoms with van der Waals surface area (Å²) in [7, 11) is 0. The van der Waals surface area contributed by atoms with Crippen LogP contribution in [0, 0.1) is 5.92 Å². The van der Waals surface area contributed by atoms with Crippen molar-refractivity contribution in [1.29, 1.82) is 0 Å². The molecule has 0 aromatic heterocycles. The first-order valence-electron chi connectivity index (χ1n) is 8.02. The van der Waals surface area contributed by atoms with E-state index >= 15 is 0 Å². The Morgan fingerprint density at radius 2 is 2.10 bits per heavy atom. The summed E-state index contributed by atoms with van der Waals surface area (Å²) in [6.07, 6.45) is 4.34. The normalized spacial score (nSPS) is 29.2. The van der Waals surface area contributed by atoms with Crippen LogP contribution in [0.5, 0.6) is 0 Å². The number of carbonyl (C=O) groups excluding carboxylic acids is 1. The molecule has 1 amide bonds. The Bertz CT molecular complexity index is 457. The highest BCUT2D eigenvalue weighted by Crippen LogP contribution is 2.33. The minimum atomic E-state index is 0.00434. The van der Waals surface area contributed by atoms with Gasteiger partial charge in [-0.3, -0.25) is 4.79 Å². The topological polar surface area (TPSA) is 50.4 Å². The second kappa shape index (κ2) is 7.05. The monoisotopic (exact) mass is 288 g/mol.